The van der Waals surface area contributed by atoms with E-state index in [1.54, 1.807) is 31.2 Å². The van der Waals surface area contributed by atoms with Gasteiger partial charge in [-0.1, -0.05) is 18.2 Å². The largest absolute Gasteiger partial charge is 0.428 e. The van der Waals surface area contributed by atoms with Gasteiger partial charge in [-0.05, 0) is 31.2 Å². The van der Waals surface area contributed by atoms with Gasteiger partial charge >= 0.3 is 5.76 Å². The number of rotatable bonds is 1. The lowest BCUT2D eigenvalue weighted by Crippen LogP contribution is -2.41. The number of benzene rings is 1. The molecule has 1 aliphatic rings. The lowest BCUT2D eigenvalue weighted by atomic mass is 10.1. The second-order valence-electron chi connectivity index (χ2n) is 5.79. The number of sulfonamides is 1. The van der Waals surface area contributed by atoms with Crippen LogP contribution < -0.4 is 15.6 Å². The lowest BCUT2D eigenvalue weighted by Gasteiger charge is -2.27. The predicted octanol–water partition coefficient (Wildman–Crippen LogP) is 1.30. The summed E-state index contributed by atoms with van der Waals surface area (Å²) in [6.07, 6.45) is 0. The van der Waals surface area contributed by atoms with Crippen LogP contribution in [0.15, 0.2) is 61.4 Å². The fourth-order valence-electron chi connectivity index (χ4n) is 2.93. The Bertz CT molecular complexity index is 1270. The summed E-state index contributed by atoms with van der Waals surface area (Å²) in [5.41, 5.74) is -0.265. The highest BCUT2D eigenvalue weighted by Crippen LogP contribution is 2.39. The normalized spacial score (nSPS) is 14.6. The van der Waals surface area contributed by atoms with Gasteiger partial charge in [0.05, 0.1) is 4.90 Å². The Morgan fingerprint density at radius 2 is 1.77 bits per heavy atom. The van der Waals surface area contributed by atoms with E-state index in [0.29, 0.717) is 5.69 Å². The molecule has 0 amide bonds. The van der Waals surface area contributed by atoms with Gasteiger partial charge in [0.25, 0.3) is 15.6 Å². The Labute approximate surface area is 148 Å². The summed E-state index contributed by atoms with van der Waals surface area (Å²) in [6, 6.07) is 10.9. The summed E-state index contributed by atoms with van der Waals surface area (Å²) in [7, 11) is -2.69. The van der Waals surface area contributed by atoms with Crippen LogP contribution in [-0.4, -0.2) is 25.0 Å². The molecule has 0 spiro atoms. The zero-order valence-electron chi connectivity index (χ0n) is 13.8. The maximum absolute atomic E-state index is 13.0. The van der Waals surface area contributed by atoms with Gasteiger partial charge in [0.15, 0.2) is 11.4 Å². The minimum Gasteiger partial charge on any atom is -0.406 e. The molecule has 1 aromatic carbocycles. The molecular weight excluding hydrogens is 358 g/mol. The molecule has 26 heavy (non-hydrogen) atoms. The van der Waals surface area contributed by atoms with Crippen LogP contribution in [0.2, 0.25) is 0 Å². The molecule has 2 aromatic heterocycles. The van der Waals surface area contributed by atoms with Gasteiger partial charge in [-0.2, -0.15) is 4.57 Å². The van der Waals surface area contributed by atoms with E-state index in [9.17, 15) is 18.0 Å². The van der Waals surface area contributed by atoms with Crippen molar-refractivity contribution in [2.75, 3.05) is 11.4 Å². The van der Waals surface area contributed by atoms with Gasteiger partial charge in [-0.25, -0.2) is 18.2 Å². The average molecular weight is 371 g/mol. The van der Waals surface area contributed by atoms with Gasteiger partial charge in [-0.15, -0.1) is 0 Å². The van der Waals surface area contributed by atoms with Crippen molar-refractivity contribution in [3.63, 3.8) is 0 Å². The van der Waals surface area contributed by atoms with Crippen molar-refractivity contribution >= 4 is 15.7 Å². The van der Waals surface area contributed by atoms with Gasteiger partial charge in [0.1, 0.15) is 5.82 Å². The van der Waals surface area contributed by atoms with E-state index in [2.05, 4.69) is 4.98 Å². The summed E-state index contributed by atoms with van der Waals surface area (Å²) in [5.74, 6) is -0.942. The molecule has 0 atom stereocenters. The smallest absolute Gasteiger partial charge is 0.406 e. The van der Waals surface area contributed by atoms with E-state index in [1.165, 1.54) is 25.2 Å². The maximum atomic E-state index is 13.0. The van der Waals surface area contributed by atoms with Gasteiger partial charge in [0.2, 0.25) is 0 Å². The van der Waals surface area contributed by atoms with Crippen molar-refractivity contribution < 1.29 is 12.8 Å². The zero-order chi connectivity index (χ0) is 18.6. The molecule has 0 aliphatic carbocycles. The molecule has 3 aromatic rings. The molecule has 8 nitrogen and oxygen atoms in total. The minimum absolute atomic E-state index is 0.0241. The van der Waals surface area contributed by atoms with Crippen LogP contribution in [-0.2, 0) is 10.0 Å². The fraction of sp³-hybridized carbons (Fsp3) is 0.118. The Morgan fingerprint density at radius 3 is 2.50 bits per heavy atom. The molecule has 0 radical (unpaired) electrons. The summed E-state index contributed by atoms with van der Waals surface area (Å²) in [6.45, 7) is 1.71. The molecule has 0 fully saturated rings. The Hall–Kier alpha value is -3.20. The first-order valence-corrected chi connectivity index (χ1v) is 9.09. The van der Waals surface area contributed by atoms with Gasteiger partial charge in [-0.3, -0.25) is 9.10 Å². The first-order valence-electron chi connectivity index (χ1n) is 7.65. The summed E-state index contributed by atoms with van der Waals surface area (Å²) in [4.78, 5) is 29.6. The third-order valence-electron chi connectivity index (χ3n) is 4.18. The highest BCUT2D eigenvalue weighted by atomic mass is 32.2. The van der Waals surface area contributed by atoms with E-state index in [0.717, 1.165) is 8.87 Å². The van der Waals surface area contributed by atoms with E-state index < -0.39 is 21.3 Å². The number of anilines is 1. The topological polar surface area (TPSA) is 102 Å². The summed E-state index contributed by atoms with van der Waals surface area (Å²) < 4.78 is 32.4. The van der Waals surface area contributed by atoms with E-state index in [1.807, 2.05) is 0 Å². The van der Waals surface area contributed by atoms with Gasteiger partial charge in [0, 0.05) is 18.3 Å². The zero-order valence-corrected chi connectivity index (χ0v) is 14.6. The third-order valence-corrected chi connectivity index (χ3v) is 6.00. The Morgan fingerprint density at radius 1 is 1.04 bits per heavy atom. The minimum atomic E-state index is -3.94. The monoisotopic (exact) mass is 371 g/mol. The number of nitrogens with zero attached hydrogens (tertiary/aromatic N) is 3. The molecule has 9 heteroatoms. The number of aromatic nitrogens is 2. The predicted molar refractivity (Wildman–Crippen MR) is 94.1 cm³/mol. The van der Waals surface area contributed by atoms with E-state index in [4.69, 9.17) is 4.42 Å². The van der Waals surface area contributed by atoms with Crippen LogP contribution in [0, 0.1) is 6.92 Å². The number of hydrogen-bond donors (Lipinski definition) is 0. The molecule has 1 aliphatic heterocycles. The lowest BCUT2D eigenvalue weighted by molar-refractivity contribution is 0.467. The SMILES string of the molecule is Cc1cccc(-n2c(=O)oc3c(c2=O)N(C)S(=O)(=O)c2ccccc2-3)n1. The molecule has 0 unspecified atom stereocenters. The molecule has 0 saturated carbocycles. The van der Waals surface area contributed by atoms with E-state index >= 15 is 0 Å². The molecule has 0 saturated heterocycles. The second kappa shape index (κ2) is 5.40. The Balaban J connectivity index is 2.13. The van der Waals surface area contributed by atoms with Crippen LogP contribution in [0.3, 0.4) is 0 Å². The van der Waals surface area contributed by atoms with Crippen molar-refractivity contribution in [3.05, 3.63) is 69.1 Å². The fourth-order valence-corrected chi connectivity index (χ4v) is 4.31. The number of pyridine rings is 1. The Kier molecular flexibility index (Phi) is 3.38. The van der Waals surface area contributed by atoms with Gasteiger partial charge < -0.3 is 4.42 Å². The van der Waals surface area contributed by atoms with Crippen LogP contribution in [0.5, 0.6) is 0 Å². The molecule has 0 N–H and O–H groups in total. The molecule has 0 bridgehead atoms. The molecule has 132 valence electrons. The first-order chi connectivity index (χ1) is 12.3. The van der Waals surface area contributed by atoms with Crippen molar-refractivity contribution in [2.45, 2.75) is 11.8 Å². The van der Waals surface area contributed by atoms with Crippen molar-refractivity contribution in [1.29, 1.82) is 0 Å². The summed E-state index contributed by atoms with van der Waals surface area (Å²) in [5, 5.41) is 0. The molecular formula is C17H13N3O5S. The molecule has 3 heterocycles. The van der Waals surface area contributed by atoms with Crippen molar-refractivity contribution in [2.24, 2.45) is 0 Å². The van der Waals surface area contributed by atoms with E-state index in [-0.39, 0.29) is 27.7 Å². The third kappa shape index (κ3) is 2.14. The summed E-state index contributed by atoms with van der Waals surface area (Å²) >= 11 is 0. The molecule has 4 rings (SSSR count). The van der Waals surface area contributed by atoms with Crippen LogP contribution in [0.25, 0.3) is 17.1 Å². The number of hydrogen-bond acceptors (Lipinski definition) is 6. The van der Waals surface area contributed by atoms with Crippen molar-refractivity contribution in [1.82, 2.24) is 9.55 Å². The first kappa shape index (κ1) is 16.3. The highest BCUT2D eigenvalue weighted by molar-refractivity contribution is 7.93. The average Bonchev–Trinajstić information content (AvgIpc) is 2.60. The van der Waals surface area contributed by atoms with Crippen molar-refractivity contribution in [3.8, 4) is 17.1 Å². The second-order valence-corrected chi connectivity index (χ2v) is 7.73. The van der Waals surface area contributed by atoms with Crippen LogP contribution in [0.4, 0.5) is 5.69 Å². The highest BCUT2D eigenvalue weighted by Gasteiger charge is 2.37. The number of fused-ring (bicyclic) bond motifs is 3. The maximum Gasteiger partial charge on any atom is 0.428 e. The quantitative estimate of drug-likeness (QED) is 0.639. The number of aryl methyl sites for hydroxylation is 1. The standard InChI is InChI=1S/C17H13N3O5S/c1-10-6-5-9-13(18-10)20-16(21)14-15(25-17(20)22)11-7-3-4-8-12(11)26(23,24)19(14)2/h3-9H,1-2H3. The van der Waals surface area contributed by atoms with Crippen LogP contribution in [0.1, 0.15) is 5.69 Å². The van der Waals surface area contributed by atoms with Crippen LogP contribution >= 0.6 is 0 Å².